The van der Waals surface area contributed by atoms with Crippen LogP contribution in [0.15, 0.2) is 41.4 Å². The molecule has 0 amide bonds. The summed E-state index contributed by atoms with van der Waals surface area (Å²) in [5.74, 6) is -0.277. The van der Waals surface area contributed by atoms with Gasteiger partial charge >= 0.3 is 0 Å². The first-order chi connectivity index (χ1) is 9.47. The van der Waals surface area contributed by atoms with Gasteiger partial charge in [-0.2, -0.15) is 0 Å². The van der Waals surface area contributed by atoms with Crippen LogP contribution in [0, 0.1) is 10.1 Å². The van der Waals surface area contributed by atoms with E-state index in [1.165, 1.54) is 18.3 Å². The number of hydrogen-bond acceptors (Lipinski definition) is 4. The van der Waals surface area contributed by atoms with Gasteiger partial charge in [-0.15, -0.1) is 0 Å². The van der Waals surface area contributed by atoms with Gasteiger partial charge in [0.2, 0.25) is 0 Å². The first-order valence-electron chi connectivity index (χ1n) is 5.44. The Morgan fingerprint density at radius 3 is 2.55 bits per heavy atom. The molecule has 0 spiro atoms. The van der Waals surface area contributed by atoms with Gasteiger partial charge in [-0.05, 0) is 18.2 Å². The Kier molecular flexibility index (Phi) is 4.22. The molecule has 102 valence electrons. The van der Waals surface area contributed by atoms with E-state index < -0.39 is 4.92 Å². The number of aliphatic imine (C=N–C) groups is 1. The summed E-state index contributed by atoms with van der Waals surface area (Å²) in [7, 11) is 0. The van der Waals surface area contributed by atoms with E-state index in [0.29, 0.717) is 15.6 Å². The summed E-state index contributed by atoms with van der Waals surface area (Å²) >= 11 is 11.7. The molecule has 7 heteroatoms. The van der Waals surface area contributed by atoms with Gasteiger partial charge in [0.25, 0.3) is 5.69 Å². The van der Waals surface area contributed by atoms with Crippen molar-refractivity contribution in [3.05, 3.63) is 62.1 Å². The Balaban J connectivity index is 2.29. The molecule has 0 heterocycles. The van der Waals surface area contributed by atoms with E-state index in [9.17, 15) is 15.2 Å². The predicted molar refractivity (Wildman–Crippen MR) is 78.5 cm³/mol. The predicted octanol–water partition coefficient (Wildman–Crippen LogP) is 4.36. The molecule has 2 aromatic carbocycles. The van der Waals surface area contributed by atoms with Gasteiger partial charge in [0.1, 0.15) is 11.4 Å². The molecule has 0 aliphatic rings. The van der Waals surface area contributed by atoms with Crippen LogP contribution in [-0.2, 0) is 0 Å². The van der Waals surface area contributed by atoms with Crippen molar-refractivity contribution in [1.82, 2.24) is 0 Å². The fraction of sp³-hybridized carbons (Fsp3) is 0. The zero-order valence-corrected chi connectivity index (χ0v) is 11.5. The first-order valence-corrected chi connectivity index (χ1v) is 6.19. The summed E-state index contributed by atoms with van der Waals surface area (Å²) in [5, 5.41) is 21.1. The van der Waals surface area contributed by atoms with Gasteiger partial charge in [-0.3, -0.25) is 15.1 Å². The van der Waals surface area contributed by atoms with Crippen molar-refractivity contribution in [3.8, 4) is 5.75 Å². The van der Waals surface area contributed by atoms with Crippen LogP contribution >= 0.6 is 23.2 Å². The average molecular weight is 311 g/mol. The molecule has 0 saturated carbocycles. The van der Waals surface area contributed by atoms with Crippen molar-refractivity contribution < 1.29 is 10.0 Å². The summed E-state index contributed by atoms with van der Waals surface area (Å²) in [5.41, 5.74) is 0.626. The number of halogens is 2. The van der Waals surface area contributed by atoms with Crippen LogP contribution in [0.1, 0.15) is 5.56 Å². The Bertz CT molecular complexity index is 702. The molecular weight excluding hydrogens is 303 g/mol. The minimum absolute atomic E-state index is 0.203. The van der Waals surface area contributed by atoms with Gasteiger partial charge in [0, 0.05) is 22.9 Å². The molecule has 0 radical (unpaired) electrons. The highest BCUT2D eigenvalue weighted by atomic mass is 35.5. The molecule has 0 saturated heterocycles. The standard InChI is InChI=1S/C13H8Cl2N2O3/c14-9-2-1-8(11(15)5-9)7-16-12-4-3-10(17(19)20)6-13(12)18/h1-7,18H. The molecule has 20 heavy (non-hydrogen) atoms. The SMILES string of the molecule is O=[N+]([O-])c1ccc(N=Cc2ccc(Cl)cc2Cl)c(O)c1. The molecule has 1 N–H and O–H groups in total. The van der Waals surface area contributed by atoms with Gasteiger partial charge < -0.3 is 5.11 Å². The second-order valence-corrected chi connectivity index (χ2v) is 4.70. The Hall–Kier alpha value is -2.11. The summed E-state index contributed by atoms with van der Waals surface area (Å²) in [6, 6.07) is 8.56. The zero-order valence-electron chi connectivity index (χ0n) is 9.96. The number of rotatable bonds is 3. The number of nitro groups is 1. The van der Waals surface area contributed by atoms with E-state index in [1.54, 1.807) is 18.2 Å². The van der Waals surface area contributed by atoms with Crippen LogP contribution in [0.5, 0.6) is 5.75 Å². The normalized spacial score (nSPS) is 10.9. The van der Waals surface area contributed by atoms with Crippen LogP contribution in [0.2, 0.25) is 10.0 Å². The van der Waals surface area contributed by atoms with Crippen molar-refractivity contribution in [2.45, 2.75) is 0 Å². The van der Waals surface area contributed by atoms with E-state index in [2.05, 4.69) is 4.99 Å². The van der Waals surface area contributed by atoms with Crippen LogP contribution in [0.3, 0.4) is 0 Å². The maximum atomic E-state index is 10.5. The van der Waals surface area contributed by atoms with Gasteiger partial charge in [0.05, 0.1) is 16.0 Å². The monoisotopic (exact) mass is 310 g/mol. The number of benzene rings is 2. The highest BCUT2D eigenvalue weighted by molar-refractivity contribution is 6.36. The van der Waals surface area contributed by atoms with E-state index in [0.717, 1.165) is 6.07 Å². The van der Waals surface area contributed by atoms with Gasteiger partial charge in [-0.1, -0.05) is 29.3 Å². The van der Waals surface area contributed by atoms with Crippen molar-refractivity contribution in [1.29, 1.82) is 0 Å². The fourth-order valence-electron chi connectivity index (χ4n) is 1.48. The number of hydrogen-bond donors (Lipinski definition) is 1. The van der Waals surface area contributed by atoms with E-state index in [1.807, 2.05) is 0 Å². The molecule has 2 rings (SSSR count). The lowest BCUT2D eigenvalue weighted by molar-refractivity contribution is -0.384. The minimum Gasteiger partial charge on any atom is -0.505 e. The van der Waals surface area contributed by atoms with Gasteiger partial charge in [-0.25, -0.2) is 0 Å². The lowest BCUT2D eigenvalue weighted by Crippen LogP contribution is -1.87. The molecule has 0 unspecified atom stereocenters. The third-order valence-corrected chi connectivity index (χ3v) is 3.04. The number of phenols is 1. The lowest BCUT2D eigenvalue weighted by Gasteiger charge is -2.00. The number of nitro benzene ring substituents is 1. The highest BCUT2D eigenvalue weighted by Gasteiger charge is 2.09. The maximum Gasteiger partial charge on any atom is 0.273 e. The number of nitrogens with zero attached hydrogens (tertiary/aromatic N) is 2. The molecule has 0 aliphatic carbocycles. The fourth-order valence-corrected chi connectivity index (χ4v) is 1.94. The van der Waals surface area contributed by atoms with Gasteiger partial charge in [0.15, 0.2) is 0 Å². The number of phenolic OH excluding ortho intramolecular Hbond substituents is 1. The quantitative estimate of drug-likeness (QED) is 0.520. The second-order valence-electron chi connectivity index (χ2n) is 3.85. The second kappa shape index (κ2) is 5.90. The first kappa shape index (κ1) is 14.3. The van der Waals surface area contributed by atoms with Crippen molar-refractivity contribution >= 4 is 40.8 Å². The zero-order chi connectivity index (χ0) is 14.7. The summed E-state index contributed by atoms with van der Waals surface area (Å²) in [6.45, 7) is 0. The Labute approximate surface area is 124 Å². The molecule has 0 aliphatic heterocycles. The molecular formula is C13H8Cl2N2O3. The van der Waals surface area contributed by atoms with E-state index >= 15 is 0 Å². The summed E-state index contributed by atoms with van der Waals surface area (Å²) < 4.78 is 0. The topological polar surface area (TPSA) is 75.7 Å². The smallest absolute Gasteiger partial charge is 0.273 e. The Morgan fingerprint density at radius 1 is 1.20 bits per heavy atom. The van der Waals surface area contributed by atoms with Crippen molar-refractivity contribution in [3.63, 3.8) is 0 Å². The molecule has 0 aromatic heterocycles. The van der Waals surface area contributed by atoms with Crippen molar-refractivity contribution in [2.75, 3.05) is 0 Å². The molecule has 5 nitrogen and oxygen atoms in total. The van der Waals surface area contributed by atoms with Crippen LogP contribution < -0.4 is 0 Å². The molecule has 0 atom stereocenters. The molecule has 0 fully saturated rings. The largest absolute Gasteiger partial charge is 0.505 e. The third kappa shape index (κ3) is 3.26. The summed E-state index contributed by atoms with van der Waals surface area (Å²) in [6.07, 6.45) is 1.44. The van der Waals surface area contributed by atoms with Crippen LogP contribution in [0.4, 0.5) is 11.4 Å². The maximum absolute atomic E-state index is 10.5. The van der Waals surface area contributed by atoms with Crippen molar-refractivity contribution in [2.24, 2.45) is 4.99 Å². The number of aromatic hydroxyl groups is 1. The highest BCUT2D eigenvalue weighted by Crippen LogP contribution is 2.30. The molecule has 0 bridgehead atoms. The average Bonchev–Trinajstić information content (AvgIpc) is 2.38. The van der Waals surface area contributed by atoms with Crippen LogP contribution in [-0.4, -0.2) is 16.2 Å². The Morgan fingerprint density at radius 2 is 1.95 bits per heavy atom. The third-order valence-electron chi connectivity index (χ3n) is 2.48. The number of non-ortho nitro benzene ring substituents is 1. The molecule has 2 aromatic rings. The van der Waals surface area contributed by atoms with Crippen LogP contribution in [0.25, 0.3) is 0 Å². The lowest BCUT2D eigenvalue weighted by atomic mass is 10.2. The van der Waals surface area contributed by atoms with E-state index in [4.69, 9.17) is 23.2 Å². The minimum atomic E-state index is -0.594. The van der Waals surface area contributed by atoms with E-state index in [-0.39, 0.29) is 17.1 Å². The summed E-state index contributed by atoms with van der Waals surface area (Å²) in [4.78, 5) is 14.0.